The molecular formula is C13H12ClFN4O2. The molecule has 1 fully saturated rings. The Bertz CT molecular complexity index is 676. The van der Waals surface area contributed by atoms with Gasteiger partial charge in [0.25, 0.3) is 0 Å². The van der Waals surface area contributed by atoms with E-state index in [-0.39, 0.29) is 17.0 Å². The lowest BCUT2D eigenvalue weighted by molar-refractivity contribution is -0.124. The van der Waals surface area contributed by atoms with Gasteiger partial charge in [-0.1, -0.05) is 16.8 Å². The number of amides is 1. The highest BCUT2D eigenvalue weighted by Crippen LogP contribution is 2.23. The Morgan fingerprint density at radius 2 is 2.29 bits per heavy atom. The fourth-order valence-corrected chi connectivity index (χ4v) is 2.26. The van der Waals surface area contributed by atoms with E-state index in [0.717, 1.165) is 0 Å². The zero-order valence-corrected chi connectivity index (χ0v) is 11.7. The monoisotopic (exact) mass is 310 g/mol. The molecule has 0 bridgehead atoms. The minimum atomic E-state index is -0.507. The highest BCUT2D eigenvalue weighted by molar-refractivity contribution is 6.31. The van der Waals surface area contributed by atoms with Gasteiger partial charge in [-0.25, -0.2) is 4.39 Å². The summed E-state index contributed by atoms with van der Waals surface area (Å²) in [4.78, 5) is 15.8. The average Bonchev–Trinajstić information content (AvgIpc) is 2.93. The maximum atomic E-state index is 13.1. The molecule has 1 amide bonds. The molecule has 1 aromatic heterocycles. The number of nitrogens with one attached hydrogen (secondary N) is 2. The van der Waals surface area contributed by atoms with E-state index in [1.807, 2.05) is 0 Å². The van der Waals surface area contributed by atoms with Gasteiger partial charge < -0.3 is 15.2 Å². The number of halogens is 2. The lowest BCUT2D eigenvalue weighted by Crippen LogP contribution is -2.53. The number of carbonyl (C=O) groups is 1. The molecule has 6 nitrogen and oxygen atoms in total. The van der Waals surface area contributed by atoms with Gasteiger partial charge >= 0.3 is 0 Å². The predicted octanol–water partition coefficient (Wildman–Crippen LogP) is 1.16. The summed E-state index contributed by atoms with van der Waals surface area (Å²) in [5.74, 6) is 0.0427. The molecule has 0 saturated carbocycles. The molecule has 8 heteroatoms. The quantitative estimate of drug-likeness (QED) is 0.889. The third-order valence-corrected chi connectivity index (χ3v) is 3.45. The number of carbonyl (C=O) groups excluding carboxylic acids is 1. The Labute approximate surface area is 124 Å². The van der Waals surface area contributed by atoms with Crippen molar-refractivity contribution in [2.45, 2.75) is 12.5 Å². The Morgan fingerprint density at radius 3 is 3.05 bits per heavy atom. The largest absolute Gasteiger partial charge is 0.353 e. The second-order valence-corrected chi connectivity index (χ2v) is 5.05. The summed E-state index contributed by atoms with van der Waals surface area (Å²) in [7, 11) is 0. The Balaban J connectivity index is 1.76. The number of rotatable bonds is 3. The van der Waals surface area contributed by atoms with Crippen molar-refractivity contribution in [1.82, 2.24) is 20.8 Å². The molecule has 0 radical (unpaired) electrons. The molecule has 0 aliphatic carbocycles. The van der Waals surface area contributed by atoms with E-state index in [2.05, 4.69) is 20.8 Å². The summed E-state index contributed by atoms with van der Waals surface area (Å²) in [6.07, 6.45) is 0.299. The van der Waals surface area contributed by atoms with Crippen molar-refractivity contribution >= 4 is 17.5 Å². The molecule has 2 heterocycles. The molecule has 1 unspecified atom stereocenters. The Hall–Kier alpha value is -1.99. The van der Waals surface area contributed by atoms with E-state index in [0.29, 0.717) is 36.8 Å². The zero-order chi connectivity index (χ0) is 14.8. The van der Waals surface area contributed by atoms with Gasteiger partial charge in [0.05, 0.1) is 17.5 Å². The summed E-state index contributed by atoms with van der Waals surface area (Å²) in [6.45, 7) is 1.31. The molecule has 1 aromatic carbocycles. The predicted molar refractivity (Wildman–Crippen MR) is 73.2 cm³/mol. The van der Waals surface area contributed by atoms with Crippen LogP contribution >= 0.6 is 11.6 Å². The number of hydrogen-bond donors (Lipinski definition) is 2. The first-order valence-electron chi connectivity index (χ1n) is 6.42. The van der Waals surface area contributed by atoms with Gasteiger partial charge in [-0.05, 0) is 18.2 Å². The van der Waals surface area contributed by atoms with Crippen molar-refractivity contribution in [3.63, 3.8) is 0 Å². The van der Waals surface area contributed by atoms with Crippen LogP contribution < -0.4 is 10.6 Å². The summed E-state index contributed by atoms with van der Waals surface area (Å²) in [5, 5.41) is 9.64. The first kappa shape index (κ1) is 14.0. The highest BCUT2D eigenvalue weighted by atomic mass is 35.5. The fourth-order valence-electron chi connectivity index (χ4n) is 2.08. The smallest absolute Gasteiger partial charge is 0.237 e. The van der Waals surface area contributed by atoms with E-state index < -0.39 is 5.82 Å². The Morgan fingerprint density at radius 1 is 1.43 bits per heavy atom. The van der Waals surface area contributed by atoms with Gasteiger partial charge in [-0.15, -0.1) is 0 Å². The lowest BCUT2D eigenvalue weighted by atomic mass is 10.1. The van der Waals surface area contributed by atoms with Crippen molar-refractivity contribution in [2.75, 3.05) is 13.1 Å². The molecule has 1 aliphatic rings. The van der Waals surface area contributed by atoms with Crippen molar-refractivity contribution in [2.24, 2.45) is 0 Å². The lowest BCUT2D eigenvalue weighted by Gasteiger charge is -2.21. The van der Waals surface area contributed by atoms with Crippen molar-refractivity contribution in [3.8, 4) is 11.4 Å². The van der Waals surface area contributed by atoms with Crippen molar-refractivity contribution in [3.05, 3.63) is 34.9 Å². The molecule has 2 N–H and O–H groups in total. The van der Waals surface area contributed by atoms with Gasteiger partial charge in [-0.3, -0.25) is 4.79 Å². The topological polar surface area (TPSA) is 80.0 Å². The maximum absolute atomic E-state index is 13.1. The van der Waals surface area contributed by atoms with Crippen LogP contribution in [-0.2, 0) is 11.2 Å². The third-order valence-electron chi connectivity index (χ3n) is 3.16. The number of benzene rings is 1. The van der Waals surface area contributed by atoms with Crippen LogP contribution in [0.2, 0.25) is 5.02 Å². The molecule has 110 valence electrons. The first-order chi connectivity index (χ1) is 10.1. The first-order valence-corrected chi connectivity index (χ1v) is 6.80. The van der Waals surface area contributed by atoms with E-state index >= 15 is 0 Å². The van der Waals surface area contributed by atoms with Crippen LogP contribution in [0.4, 0.5) is 4.39 Å². The number of hydrogen-bond acceptors (Lipinski definition) is 5. The normalized spacial score (nSPS) is 18.6. The number of piperazine rings is 1. The van der Waals surface area contributed by atoms with E-state index in [1.165, 1.54) is 18.2 Å². The second-order valence-electron chi connectivity index (χ2n) is 4.64. The van der Waals surface area contributed by atoms with E-state index in [1.54, 1.807) is 0 Å². The van der Waals surface area contributed by atoms with Crippen LogP contribution in [0, 0.1) is 5.82 Å². The SMILES string of the molecule is O=C1NCCNC1Cc1nc(-c2ccc(F)c(Cl)c2)no1. The van der Waals surface area contributed by atoms with Crippen molar-refractivity contribution < 1.29 is 13.7 Å². The summed E-state index contributed by atoms with van der Waals surface area (Å²) in [6, 6.07) is 3.80. The van der Waals surface area contributed by atoms with Gasteiger partial charge in [-0.2, -0.15) is 4.98 Å². The summed E-state index contributed by atoms with van der Waals surface area (Å²) < 4.78 is 18.2. The third kappa shape index (κ3) is 3.03. The zero-order valence-electron chi connectivity index (χ0n) is 10.9. The van der Waals surface area contributed by atoms with Crippen LogP contribution in [-0.4, -0.2) is 35.2 Å². The van der Waals surface area contributed by atoms with Crippen molar-refractivity contribution in [1.29, 1.82) is 0 Å². The van der Waals surface area contributed by atoms with Crippen LogP contribution in [0.3, 0.4) is 0 Å². The van der Waals surface area contributed by atoms with E-state index in [9.17, 15) is 9.18 Å². The maximum Gasteiger partial charge on any atom is 0.237 e. The van der Waals surface area contributed by atoms with Gasteiger partial charge in [0.1, 0.15) is 5.82 Å². The molecule has 2 aromatic rings. The summed E-state index contributed by atoms with van der Waals surface area (Å²) in [5.41, 5.74) is 0.553. The molecule has 1 saturated heterocycles. The highest BCUT2D eigenvalue weighted by Gasteiger charge is 2.24. The van der Waals surface area contributed by atoms with Crippen LogP contribution in [0.25, 0.3) is 11.4 Å². The second kappa shape index (κ2) is 5.79. The molecule has 1 atom stereocenters. The van der Waals surface area contributed by atoms with Crippen LogP contribution in [0.1, 0.15) is 5.89 Å². The molecular weight excluding hydrogens is 299 g/mol. The number of nitrogens with zero attached hydrogens (tertiary/aromatic N) is 2. The van der Waals surface area contributed by atoms with Gasteiger partial charge in [0.15, 0.2) is 0 Å². The molecule has 0 spiro atoms. The van der Waals surface area contributed by atoms with E-state index in [4.69, 9.17) is 16.1 Å². The molecule has 3 rings (SSSR count). The fraction of sp³-hybridized carbons (Fsp3) is 0.308. The Kier molecular flexibility index (Phi) is 3.85. The molecule has 21 heavy (non-hydrogen) atoms. The van der Waals surface area contributed by atoms with Gasteiger partial charge in [0.2, 0.25) is 17.6 Å². The minimum absolute atomic E-state index is 0.00725. The van der Waals surface area contributed by atoms with Gasteiger partial charge in [0, 0.05) is 18.7 Å². The summed E-state index contributed by atoms with van der Waals surface area (Å²) >= 11 is 5.72. The standard InChI is InChI=1S/C13H12ClFN4O2/c14-8-5-7(1-2-9(8)15)12-18-11(21-19-12)6-10-13(20)17-4-3-16-10/h1-2,5,10,16H,3-4,6H2,(H,17,20). The average molecular weight is 311 g/mol. The van der Waals surface area contributed by atoms with Crippen LogP contribution in [0.15, 0.2) is 22.7 Å². The minimum Gasteiger partial charge on any atom is -0.353 e. The molecule has 1 aliphatic heterocycles. The number of aromatic nitrogens is 2. The van der Waals surface area contributed by atoms with Crippen LogP contribution in [0.5, 0.6) is 0 Å².